The van der Waals surface area contributed by atoms with E-state index in [1.54, 1.807) is 0 Å². The number of nitrogens with zero attached hydrogens (tertiary/aromatic N) is 2. The molecule has 96 valence electrons. The Kier molecular flexibility index (Phi) is 4.53. The van der Waals surface area contributed by atoms with Gasteiger partial charge in [-0.2, -0.15) is 0 Å². The van der Waals surface area contributed by atoms with Crippen LogP contribution in [0, 0.1) is 6.92 Å². The van der Waals surface area contributed by atoms with Crippen molar-refractivity contribution in [2.45, 2.75) is 33.4 Å². The van der Waals surface area contributed by atoms with Crippen molar-refractivity contribution >= 4 is 0 Å². The van der Waals surface area contributed by atoms with Gasteiger partial charge in [-0.3, -0.25) is 0 Å². The van der Waals surface area contributed by atoms with Crippen molar-refractivity contribution in [1.29, 1.82) is 0 Å². The van der Waals surface area contributed by atoms with Gasteiger partial charge in [0, 0.05) is 18.9 Å². The van der Waals surface area contributed by atoms with Gasteiger partial charge in [0.25, 0.3) is 0 Å². The fourth-order valence-corrected chi connectivity index (χ4v) is 1.92. The van der Waals surface area contributed by atoms with Gasteiger partial charge in [0.1, 0.15) is 5.82 Å². The molecule has 1 heterocycles. The third-order valence-corrected chi connectivity index (χ3v) is 2.99. The molecule has 2 aromatic rings. The Labute approximate surface area is 109 Å². The van der Waals surface area contributed by atoms with Crippen LogP contribution in [0.2, 0.25) is 0 Å². The topological polar surface area (TPSA) is 29.9 Å². The molecule has 0 radical (unpaired) electrons. The second-order valence-corrected chi connectivity index (χ2v) is 4.63. The highest BCUT2D eigenvalue weighted by Gasteiger charge is 2.02. The van der Waals surface area contributed by atoms with Crippen LogP contribution in [-0.2, 0) is 13.1 Å². The van der Waals surface area contributed by atoms with Crippen molar-refractivity contribution in [2.24, 2.45) is 0 Å². The molecule has 0 spiro atoms. The minimum Gasteiger partial charge on any atom is -0.329 e. The first-order valence-electron chi connectivity index (χ1n) is 6.56. The van der Waals surface area contributed by atoms with Crippen LogP contribution in [-0.4, -0.2) is 16.1 Å². The summed E-state index contributed by atoms with van der Waals surface area (Å²) in [6.07, 6.45) is 5.07. The molecule has 1 aromatic heterocycles. The molecule has 0 saturated carbocycles. The molecule has 2 rings (SSSR count). The summed E-state index contributed by atoms with van der Waals surface area (Å²) in [7, 11) is 0. The van der Waals surface area contributed by atoms with Crippen LogP contribution in [0.15, 0.2) is 36.7 Å². The van der Waals surface area contributed by atoms with Crippen LogP contribution in [0.5, 0.6) is 0 Å². The van der Waals surface area contributed by atoms with Crippen molar-refractivity contribution in [2.75, 3.05) is 6.54 Å². The van der Waals surface area contributed by atoms with E-state index >= 15 is 0 Å². The molecule has 0 aliphatic carbocycles. The zero-order valence-electron chi connectivity index (χ0n) is 11.2. The lowest BCUT2D eigenvalue weighted by Crippen LogP contribution is -2.17. The van der Waals surface area contributed by atoms with E-state index in [4.69, 9.17) is 0 Å². The Bertz CT molecular complexity index is 471. The van der Waals surface area contributed by atoms with Crippen molar-refractivity contribution in [3.8, 4) is 0 Å². The zero-order chi connectivity index (χ0) is 12.8. The fraction of sp³-hybridized carbons (Fsp3) is 0.400. The van der Waals surface area contributed by atoms with Crippen molar-refractivity contribution in [1.82, 2.24) is 14.9 Å². The smallest absolute Gasteiger partial charge is 0.122 e. The quantitative estimate of drug-likeness (QED) is 0.791. The Morgan fingerprint density at radius 2 is 2.00 bits per heavy atom. The molecule has 3 heteroatoms. The number of benzene rings is 1. The van der Waals surface area contributed by atoms with E-state index in [0.29, 0.717) is 0 Å². The second kappa shape index (κ2) is 6.36. The minimum absolute atomic E-state index is 0.840. The predicted molar refractivity (Wildman–Crippen MR) is 74.5 cm³/mol. The van der Waals surface area contributed by atoms with E-state index in [1.165, 1.54) is 11.1 Å². The summed E-state index contributed by atoms with van der Waals surface area (Å²) in [5.41, 5.74) is 2.62. The van der Waals surface area contributed by atoms with E-state index in [-0.39, 0.29) is 0 Å². The Hall–Kier alpha value is -1.61. The van der Waals surface area contributed by atoms with Crippen molar-refractivity contribution in [3.05, 3.63) is 53.6 Å². The van der Waals surface area contributed by atoms with Gasteiger partial charge in [-0.05, 0) is 25.5 Å². The molecular weight excluding hydrogens is 222 g/mol. The van der Waals surface area contributed by atoms with E-state index < -0.39 is 0 Å². The molecule has 0 bridgehead atoms. The minimum atomic E-state index is 0.840. The number of aryl methyl sites for hydroxylation is 1. The summed E-state index contributed by atoms with van der Waals surface area (Å²) in [6, 6.07) is 8.67. The molecule has 0 unspecified atom stereocenters. The zero-order valence-corrected chi connectivity index (χ0v) is 11.2. The molecule has 1 N–H and O–H groups in total. The predicted octanol–water partition coefficient (Wildman–Crippen LogP) is 2.74. The summed E-state index contributed by atoms with van der Waals surface area (Å²) in [5, 5.41) is 3.39. The fourth-order valence-electron chi connectivity index (χ4n) is 1.92. The molecule has 18 heavy (non-hydrogen) atoms. The third kappa shape index (κ3) is 3.44. The van der Waals surface area contributed by atoms with Crippen LogP contribution >= 0.6 is 0 Å². The molecule has 0 fully saturated rings. The Morgan fingerprint density at radius 3 is 2.72 bits per heavy atom. The van der Waals surface area contributed by atoms with Gasteiger partial charge in [0.05, 0.1) is 6.54 Å². The lowest BCUT2D eigenvalue weighted by Gasteiger charge is -2.09. The third-order valence-electron chi connectivity index (χ3n) is 2.99. The lowest BCUT2D eigenvalue weighted by molar-refractivity contribution is 0.615. The van der Waals surface area contributed by atoms with Crippen LogP contribution < -0.4 is 5.32 Å². The first-order chi connectivity index (χ1) is 8.79. The lowest BCUT2D eigenvalue weighted by atomic mass is 10.1. The van der Waals surface area contributed by atoms with Gasteiger partial charge in [-0.1, -0.05) is 36.8 Å². The highest BCUT2D eigenvalue weighted by atomic mass is 15.1. The molecule has 0 amide bonds. The number of hydrogen-bond donors (Lipinski definition) is 1. The van der Waals surface area contributed by atoms with Crippen LogP contribution in [0.25, 0.3) is 0 Å². The van der Waals surface area contributed by atoms with Gasteiger partial charge >= 0.3 is 0 Å². The first kappa shape index (κ1) is 12.8. The Morgan fingerprint density at radius 1 is 1.22 bits per heavy atom. The number of hydrogen-bond acceptors (Lipinski definition) is 2. The second-order valence-electron chi connectivity index (χ2n) is 4.63. The molecule has 0 aliphatic heterocycles. The van der Waals surface area contributed by atoms with Crippen molar-refractivity contribution < 1.29 is 0 Å². The molecule has 0 atom stereocenters. The largest absolute Gasteiger partial charge is 0.329 e. The summed E-state index contributed by atoms with van der Waals surface area (Å²) >= 11 is 0. The van der Waals surface area contributed by atoms with Crippen molar-refractivity contribution in [3.63, 3.8) is 0 Å². The standard InChI is InChI=1S/C15H21N3/c1-3-8-16-11-15-17-9-10-18(15)12-14-6-4-13(2)5-7-14/h4-7,9-10,16H,3,8,11-12H2,1-2H3. The van der Waals surface area contributed by atoms with E-state index in [1.807, 2.05) is 12.4 Å². The highest BCUT2D eigenvalue weighted by molar-refractivity contribution is 5.21. The number of rotatable bonds is 6. The maximum atomic E-state index is 4.40. The molecule has 1 aromatic carbocycles. The van der Waals surface area contributed by atoms with Gasteiger partial charge in [0.2, 0.25) is 0 Å². The van der Waals surface area contributed by atoms with E-state index in [0.717, 1.165) is 31.9 Å². The maximum Gasteiger partial charge on any atom is 0.122 e. The average molecular weight is 243 g/mol. The van der Waals surface area contributed by atoms with Gasteiger partial charge < -0.3 is 9.88 Å². The average Bonchev–Trinajstić information content (AvgIpc) is 2.80. The van der Waals surface area contributed by atoms with E-state index in [9.17, 15) is 0 Å². The SMILES string of the molecule is CCCNCc1nccn1Cc1ccc(C)cc1. The molecule has 0 aliphatic rings. The number of imidazole rings is 1. The molecule has 3 nitrogen and oxygen atoms in total. The van der Waals surface area contributed by atoms with Gasteiger partial charge in [0.15, 0.2) is 0 Å². The van der Waals surface area contributed by atoms with Crippen LogP contribution in [0.4, 0.5) is 0 Å². The van der Waals surface area contributed by atoms with Crippen LogP contribution in [0.1, 0.15) is 30.3 Å². The monoisotopic (exact) mass is 243 g/mol. The summed E-state index contributed by atoms with van der Waals surface area (Å²) in [6.45, 7) is 7.06. The Balaban J connectivity index is 2.00. The number of aromatic nitrogens is 2. The van der Waals surface area contributed by atoms with Crippen LogP contribution in [0.3, 0.4) is 0 Å². The first-order valence-corrected chi connectivity index (χ1v) is 6.56. The normalized spacial score (nSPS) is 10.8. The summed E-state index contributed by atoms with van der Waals surface area (Å²) in [5.74, 6) is 1.10. The highest BCUT2D eigenvalue weighted by Crippen LogP contribution is 2.07. The summed E-state index contributed by atoms with van der Waals surface area (Å²) in [4.78, 5) is 4.40. The van der Waals surface area contributed by atoms with E-state index in [2.05, 4.69) is 53.0 Å². The maximum absolute atomic E-state index is 4.40. The number of nitrogens with one attached hydrogen (secondary N) is 1. The van der Waals surface area contributed by atoms with Gasteiger partial charge in [-0.15, -0.1) is 0 Å². The summed E-state index contributed by atoms with van der Waals surface area (Å²) < 4.78 is 2.20. The molecular formula is C15H21N3. The molecule has 0 saturated heterocycles. The van der Waals surface area contributed by atoms with Gasteiger partial charge in [-0.25, -0.2) is 4.98 Å².